The first-order valence-corrected chi connectivity index (χ1v) is 9.52. The van der Waals surface area contributed by atoms with E-state index < -0.39 is 17.4 Å². The zero-order valence-electron chi connectivity index (χ0n) is 14.5. The van der Waals surface area contributed by atoms with Crippen molar-refractivity contribution >= 4 is 11.9 Å². The molecule has 0 atom stereocenters. The summed E-state index contributed by atoms with van der Waals surface area (Å²) in [5.74, 6) is -1.32. The Hall–Kier alpha value is -1.06. The van der Waals surface area contributed by atoms with E-state index in [1.807, 2.05) is 0 Å². The lowest BCUT2D eigenvalue weighted by Gasteiger charge is -2.30. The van der Waals surface area contributed by atoms with Crippen LogP contribution < -0.4 is 0 Å². The molecule has 1 rings (SSSR count). The van der Waals surface area contributed by atoms with E-state index in [1.165, 1.54) is 32.1 Å². The summed E-state index contributed by atoms with van der Waals surface area (Å²) >= 11 is 0. The molecule has 0 radical (unpaired) electrons. The number of rotatable bonds is 9. The molecular weight excluding hydrogens is 292 g/mol. The Labute approximate surface area is 140 Å². The van der Waals surface area contributed by atoms with E-state index in [-0.39, 0.29) is 6.42 Å². The summed E-state index contributed by atoms with van der Waals surface area (Å²) < 4.78 is 0. The monoisotopic (exact) mass is 326 g/mol. The molecule has 0 unspecified atom stereocenters. The Kier molecular flexibility index (Phi) is 9.97. The Morgan fingerprint density at radius 3 is 1.70 bits per heavy atom. The van der Waals surface area contributed by atoms with E-state index in [0.29, 0.717) is 0 Å². The van der Waals surface area contributed by atoms with Crippen molar-refractivity contribution in [1.82, 2.24) is 0 Å². The van der Waals surface area contributed by atoms with Crippen LogP contribution in [0.2, 0.25) is 0 Å². The van der Waals surface area contributed by atoms with Gasteiger partial charge in [0.25, 0.3) is 0 Å². The number of hydrogen-bond donors (Lipinski definition) is 2. The van der Waals surface area contributed by atoms with Gasteiger partial charge < -0.3 is 10.2 Å². The van der Waals surface area contributed by atoms with Gasteiger partial charge in [0.05, 0.1) is 5.41 Å². The van der Waals surface area contributed by atoms with Gasteiger partial charge in [-0.25, -0.2) is 0 Å². The van der Waals surface area contributed by atoms with Gasteiger partial charge in [-0.15, -0.1) is 0 Å². The van der Waals surface area contributed by atoms with Crippen LogP contribution >= 0.6 is 0 Å². The molecule has 0 spiro atoms. The lowest BCUT2D eigenvalue weighted by Crippen LogP contribution is -2.31. The third-order valence-corrected chi connectivity index (χ3v) is 5.31. The number of unbranched alkanes of at least 4 members (excludes halogenated alkanes) is 4. The molecule has 1 aliphatic rings. The van der Waals surface area contributed by atoms with E-state index in [0.717, 1.165) is 64.2 Å². The lowest BCUT2D eigenvalue weighted by atomic mass is 9.73. The Morgan fingerprint density at radius 1 is 0.696 bits per heavy atom. The van der Waals surface area contributed by atoms with Gasteiger partial charge in [0.2, 0.25) is 0 Å². The maximum absolute atomic E-state index is 11.9. The molecule has 1 saturated carbocycles. The smallest absolute Gasteiger partial charge is 0.309 e. The van der Waals surface area contributed by atoms with E-state index >= 15 is 0 Å². The Morgan fingerprint density at radius 2 is 1.17 bits per heavy atom. The number of carbonyl (C=O) groups is 2. The van der Waals surface area contributed by atoms with Crippen molar-refractivity contribution in [2.24, 2.45) is 5.41 Å². The minimum absolute atomic E-state index is 0.249. The molecule has 0 aromatic carbocycles. The molecule has 0 saturated heterocycles. The van der Waals surface area contributed by atoms with Crippen molar-refractivity contribution in [1.29, 1.82) is 0 Å². The van der Waals surface area contributed by atoms with Crippen molar-refractivity contribution in [3.63, 3.8) is 0 Å². The number of hydrogen-bond acceptors (Lipinski definition) is 2. The zero-order chi connectivity index (χ0) is 17.0. The van der Waals surface area contributed by atoms with Gasteiger partial charge in [0.15, 0.2) is 0 Å². The van der Waals surface area contributed by atoms with Gasteiger partial charge in [-0.2, -0.15) is 0 Å². The minimum Gasteiger partial charge on any atom is -0.481 e. The van der Waals surface area contributed by atoms with Gasteiger partial charge in [-0.1, -0.05) is 70.6 Å². The summed E-state index contributed by atoms with van der Waals surface area (Å²) in [7, 11) is 0. The summed E-state index contributed by atoms with van der Waals surface area (Å²) in [6.45, 7) is 0. The summed E-state index contributed by atoms with van der Waals surface area (Å²) in [5, 5.41) is 18.4. The molecule has 23 heavy (non-hydrogen) atoms. The summed E-state index contributed by atoms with van der Waals surface area (Å²) in [5.41, 5.74) is -0.502. The fraction of sp³-hybridized carbons (Fsp3) is 0.895. The highest BCUT2D eigenvalue weighted by atomic mass is 16.4. The molecule has 0 amide bonds. The average molecular weight is 326 g/mol. The molecule has 4 heteroatoms. The summed E-state index contributed by atoms with van der Waals surface area (Å²) in [6.07, 6.45) is 15.6. The molecule has 0 bridgehead atoms. The quantitative estimate of drug-likeness (QED) is 0.556. The largest absolute Gasteiger partial charge is 0.481 e. The highest BCUT2D eigenvalue weighted by molar-refractivity contribution is 5.74. The van der Waals surface area contributed by atoms with Gasteiger partial charge in [0, 0.05) is 6.42 Å². The predicted octanol–water partition coefficient (Wildman–Crippen LogP) is 5.40. The van der Waals surface area contributed by atoms with Crippen LogP contribution in [0.5, 0.6) is 0 Å². The highest BCUT2D eigenvalue weighted by Gasteiger charge is 2.36. The third kappa shape index (κ3) is 8.38. The molecule has 0 heterocycles. The van der Waals surface area contributed by atoms with Crippen molar-refractivity contribution in [3.05, 3.63) is 0 Å². The first kappa shape index (κ1) is 20.0. The molecule has 4 nitrogen and oxygen atoms in total. The fourth-order valence-electron chi connectivity index (χ4n) is 3.78. The van der Waals surface area contributed by atoms with E-state index in [2.05, 4.69) is 0 Å². The lowest BCUT2D eigenvalue weighted by molar-refractivity contribution is -0.151. The SMILES string of the molecule is O=C(O)CCCCCCCC1(C(=O)O)CCCCCCCCC1. The second-order valence-corrected chi connectivity index (χ2v) is 7.22. The third-order valence-electron chi connectivity index (χ3n) is 5.31. The number of carboxylic acid groups (broad SMARTS) is 2. The highest BCUT2D eigenvalue weighted by Crippen LogP contribution is 2.38. The van der Waals surface area contributed by atoms with Crippen molar-refractivity contribution in [3.8, 4) is 0 Å². The predicted molar refractivity (Wildman–Crippen MR) is 91.6 cm³/mol. The maximum Gasteiger partial charge on any atom is 0.309 e. The second kappa shape index (κ2) is 11.5. The topological polar surface area (TPSA) is 74.6 Å². The van der Waals surface area contributed by atoms with Crippen molar-refractivity contribution in [2.75, 3.05) is 0 Å². The second-order valence-electron chi connectivity index (χ2n) is 7.22. The van der Waals surface area contributed by atoms with Crippen LogP contribution in [-0.2, 0) is 9.59 Å². The van der Waals surface area contributed by atoms with Gasteiger partial charge in [-0.05, 0) is 25.7 Å². The molecule has 0 aliphatic heterocycles. The zero-order valence-corrected chi connectivity index (χ0v) is 14.5. The first-order chi connectivity index (χ1) is 11.1. The van der Waals surface area contributed by atoms with Gasteiger partial charge in [-0.3, -0.25) is 9.59 Å². The normalized spacial score (nSPS) is 19.1. The van der Waals surface area contributed by atoms with Crippen LogP contribution in [0.1, 0.15) is 103 Å². The van der Waals surface area contributed by atoms with Crippen LogP contribution in [0.15, 0.2) is 0 Å². The van der Waals surface area contributed by atoms with Crippen LogP contribution in [-0.4, -0.2) is 22.2 Å². The molecule has 0 aromatic rings. The number of carboxylic acids is 2. The van der Waals surface area contributed by atoms with Crippen molar-refractivity contribution in [2.45, 2.75) is 103 Å². The van der Waals surface area contributed by atoms with Crippen LogP contribution in [0, 0.1) is 5.41 Å². The van der Waals surface area contributed by atoms with E-state index in [4.69, 9.17) is 5.11 Å². The van der Waals surface area contributed by atoms with Gasteiger partial charge >= 0.3 is 11.9 Å². The average Bonchev–Trinajstić information content (AvgIpc) is 2.51. The standard InChI is InChI=1S/C19H34O4/c20-17(21)13-9-5-4-8-12-16-19(18(22)23)14-10-6-2-1-3-7-11-15-19/h1-16H2,(H,20,21)(H,22,23). The van der Waals surface area contributed by atoms with E-state index in [1.54, 1.807) is 0 Å². The molecular formula is C19H34O4. The first-order valence-electron chi connectivity index (χ1n) is 9.52. The Bertz CT molecular complexity index is 341. The van der Waals surface area contributed by atoms with Crippen LogP contribution in [0.25, 0.3) is 0 Å². The summed E-state index contributed by atoms with van der Waals surface area (Å²) in [4.78, 5) is 22.4. The maximum atomic E-state index is 11.9. The molecule has 1 aliphatic carbocycles. The molecule has 1 fully saturated rings. The Balaban J connectivity index is 2.35. The van der Waals surface area contributed by atoms with Crippen molar-refractivity contribution < 1.29 is 19.8 Å². The molecule has 0 aromatic heterocycles. The number of aliphatic carboxylic acids is 2. The molecule has 2 N–H and O–H groups in total. The van der Waals surface area contributed by atoms with Crippen LogP contribution in [0.4, 0.5) is 0 Å². The van der Waals surface area contributed by atoms with E-state index in [9.17, 15) is 14.7 Å². The summed E-state index contributed by atoms with van der Waals surface area (Å²) in [6, 6.07) is 0. The minimum atomic E-state index is -0.726. The molecule has 134 valence electrons. The fourth-order valence-corrected chi connectivity index (χ4v) is 3.78. The van der Waals surface area contributed by atoms with Gasteiger partial charge in [0.1, 0.15) is 0 Å². The van der Waals surface area contributed by atoms with Crippen LogP contribution in [0.3, 0.4) is 0 Å².